The standard InChI is InChI=1S/C15H21N3OS/c1-10-5-6-13(15-11(2)18-19-12(15)3)9-14(10)20-17-8-7-16-4/h5-6,9,16-17H,7-8H2,1-4H3. The van der Waals surface area contributed by atoms with Crippen molar-refractivity contribution in [1.29, 1.82) is 0 Å². The number of likely N-dealkylation sites (N-methyl/N-ethyl adjacent to an activating group) is 1. The molecule has 0 fully saturated rings. The van der Waals surface area contributed by atoms with E-state index < -0.39 is 0 Å². The minimum absolute atomic E-state index is 0.866. The maximum atomic E-state index is 5.25. The zero-order valence-electron chi connectivity index (χ0n) is 12.4. The van der Waals surface area contributed by atoms with E-state index in [4.69, 9.17) is 4.52 Å². The molecule has 0 saturated carbocycles. The van der Waals surface area contributed by atoms with Crippen molar-refractivity contribution in [2.75, 3.05) is 20.1 Å². The minimum Gasteiger partial charge on any atom is -0.361 e. The Morgan fingerprint density at radius 2 is 2.00 bits per heavy atom. The molecule has 4 nitrogen and oxygen atoms in total. The van der Waals surface area contributed by atoms with Gasteiger partial charge < -0.3 is 9.84 Å². The Bertz CT molecular complexity index is 561. The molecule has 0 radical (unpaired) electrons. The Labute approximate surface area is 124 Å². The molecule has 1 heterocycles. The second-order valence-electron chi connectivity index (χ2n) is 4.78. The van der Waals surface area contributed by atoms with Crippen LogP contribution in [0.3, 0.4) is 0 Å². The monoisotopic (exact) mass is 291 g/mol. The van der Waals surface area contributed by atoms with Crippen molar-refractivity contribution < 1.29 is 4.52 Å². The molecule has 0 atom stereocenters. The predicted molar refractivity (Wildman–Crippen MR) is 83.9 cm³/mol. The molecular weight excluding hydrogens is 270 g/mol. The Kier molecular flexibility index (Phi) is 5.23. The summed E-state index contributed by atoms with van der Waals surface area (Å²) in [6.45, 7) is 7.93. The Balaban J connectivity index is 2.20. The van der Waals surface area contributed by atoms with E-state index >= 15 is 0 Å². The highest BCUT2D eigenvalue weighted by molar-refractivity contribution is 7.97. The quantitative estimate of drug-likeness (QED) is 0.633. The van der Waals surface area contributed by atoms with Gasteiger partial charge in [0, 0.05) is 23.5 Å². The first kappa shape index (κ1) is 15.1. The van der Waals surface area contributed by atoms with E-state index in [1.165, 1.54) is 10.5 Å². The van der Waals surface area contributed by atoms with Gasteiger partial charge in [-0.05, 0) is 57.0 Å². The SMILES string of the molecule is CNCCNSc1cc(-c2c(C)noc2C)ccc1C. The molecule has 0 aliphatic heterocycles. The molecular formula is C15H21N3OS. The van der Waals surface area contributed by atoms with Crippen LogP contribution in [-0.4, -0.2) is 25.3 Å². The third-order valence-corrected chi connectivity index (χ3v) is 4.18. The summed E-state index contributed by atoms with van der Waals surface area (Å²) in [6, 6.07) is 6.46. The normalized spacial score (nSPS) is 11.0. The molecule has 5 heteroatoms. The third-order valence-electron chi connectivity index (χ3n) is 3.17. The van der Waals surface area contributed by atoms with E-state index in [0.717, 1.165) is 35.7 Å². The molecule has 2 aromatic rings. The average molecular weight is 291 g/mol. The van der Waals surface area contributed by atoms with E-state index in [1.54, 1.807) is 11.9 Å². The number of aromatic nitrogens is 1. The predicted octanol–water partition coefficient (Wildman–Crippen LogP) is 3.08. The van der Waals surface area contributed by atoms with Crippen molar-refractivity contribution in [3.05, 3.63) is 35.2 Å². The summed E-state index contributed by atoms with van der Waals surface area (Å²) in [5, 5.41) is 7.15. The zero-order valence-corrected chi connectivity index (χ0v) is 13.2. The molecule has 2 N–H and O–H groups in total. The van der Waals surface area contributed by atoms with Crippen LogP contribution in [0.4, 0.5) is 0 Å². The third kappa shape index (κ3) is 3.42. The molecule has 1 aromatic carbocycles. The van der Waals surface area contributed by atoms with Gasteiger partial charge in [0.05, 0.1) is 5.69 Å². The lowest BCUT2D eigenvalue weighted by atomic mass is 10.0. The molecule has 0 aliphatic rings. The highest BCUT2D eigenvalue weighted by Gasteiger charge is 2.12. The molecule has 108 valence electrons. The first-order valence-corrected chi connectivity index (χ1v) is 7.53. The van der Waals surface area contributed by atoms with Gasteiger partial charge in [-0.2, -0.15) is 0 Å². The zero-order chi connectivity index (χ0) is 14.5. The number of nitrogens with one attached hydrogen (secondary N) is 2. The Hall–Kier alpha value is -1.30. The second kappa shape index (κ2) is 6.92. The van der Waals surface area contributed by atoms with E-state index in [9.17, 15) is 0 Å². The van der Waals surface area contributed by atoms with Gasteiger partial charge in [-0.1, -0.05) is 17.3 Å². The van der Waals surface area contributed by atoms with Gasteiger partial charge in [0.15, 0.2) is 0 Å². The fraction of sp³-hybridized carbons (Fsp3) is 0.400. The lowest BCUT2D eigenvalue weighted by Gasteiger charge is -2.09. The molecule has 0 amide bonds. The summed E-state index contributed by atoms with van der Waals surface area (Å²) in [5.41, 5.74) is 4.46. The van der Waals surface area contributed by atoms with Gasteiger partial charge in [-0.15, -0.1) is 0 Å². The van der Waals surface area contributed by atoms with Crippen LogP contribution in [-0.2, 0) is 0 Å². The van der Waals surface area contributed by atoms with Crippen LogP contribution in [0.1, 0.15) is 17.0 Å². The van der Waals surface area contributed by atoms with Crippen molar-refractivity contribution in [2.45, 2.75) is 25.7 Å². The summed E-state index contributed by atoms with van der Waals surface area (Å²) in [5.74, 6) is 0.866. The van der Waals surface area contributed by atoms with Gasteiger partial charge in [0.1, 0.15) is 5.76 Å². The van der Waals surface area contributed by atoms with Crippen LogP contribution < -0.4 is 10.0 Å². The summed E-state index contributed by atoms with van der Waals surface area (Å²) < 4.78 is 8.61. The second-order valence-corrected chi connectivity index (χ2v) is 5.71. The van der Waals surface area contributed by atoms with Crippen molar-refractivity contribution >= 4 is 11.9 Å². The summed E-state index contributed by atoms with van der Waals surface area (Å²) in [6.07, 6.45) is 0. The molecule has 0 saturated heterocycles. The van der Waals surface area contributed by atoms with Gasteiger partial charge in [-0.3, -0.25) is 4.72 Å². The van der Waals surface area contributed by atoms with Crippen LogP contribution in [0, 0.1) is 20.8 Å². The van der Waals surface area contributed by atoms with E-state index in [2.05, 4.69) is 40.3 Å². The van der Waals surface area contributed by atoms with Crippen LogP contribution in [0.5, 0.6) is 0 Å². The van der Waals surface area contributed by atoms with Crippen LogP contribution in [0.15, 0.2) is 27.6 Å². The van der Waals surface area contributed by atoms with Crippen molar-refractivity contribution in [3.8, 4) is 11.1 Å². The topological polar surface area (TPSA) is 50.1 Å². The fourth-order valence-electron chi connectivity index (χ4n) is 2.07. The van der Waals surface area contributed by atoms with Gasteiger partial charge in [0.25, 0.3) is 0 Å². The lowest BCUT2D eigenvalue weighted by Crippen LogP contribution is -2.19. The molecule has 0 unspecified atom stereocenters. The number of hydrogen-bond donors (Lipinski definition) is 2. The summed E-state index contributed by atoms with van der Waals surface area (Å²) in [4.78, 5) is 1.23. The van der Waals surface area contributed by atoms with Crippen LogP contribution >= 0.6 is 11.9 Å². The first-order chi connectivity index (χ1) is 9.63. The molecule has 0 spiro atoms. The lowest BCUT2D eigenvalue weighted by molar-refractivity contribution is 0.393. The van der Waals surface area contributed by atoms with Gasteiger partial charge in [-0.25, -0.2) is 0 Å². The number of rotatable bonds is 6. The number of benzene rings is 1. The minimum atomic E-state index is 0.866. The molecule has 20 heavy (non-hydrogen) atoms. The van der Waals surface area contributed by atoms with Crippen molar-refractivity contribution in [3.63, 3.8) is 0 Å². The first-order valence-electron chi connectivity index (χ1n) is 6.71. The highest BCUT2D eigenvalue weighted by atomic mass is 32.2. The van der Waals surface area contributed by atoms with Crippen LogP contribution in [0.2, 0.25) is 0 Å². The van der Waals surface area contributed by atoms with Crippen LogP contribution in [0.25, 0.3) is 11.1 Å². The largest absolute Gasteiger partial charge is 0.361 e. The average Bonchev–Trinajstić information content (AvgIpc) is 2.76. The van der Waals surface area contributed by atoms with Crippen molar-refractivity contribution in [1.82, 2.24) is 15.2 Å². The maximum Gasteiger partial charge on any atom is 0.141 e. The van der Waals surface area contributed by atoms with Gasteiger partial charge in [0.2, 0.25) is 0 Å². The maximum absolute atomic E-state index is 5.25. The summed E-state index contributed by atoms with van der Waals surface area (Å²) >= 11 is 1.67. The number of nitrogens with zero attached hydrogens (tertiary/aromatic N) is 1. The van der Waals surface area contributed by atoms with Gasteiger partial charge >= 0.3 is 0 Å². The number of aryl methyl sites for hydroxylation is 3. The van der Waals surface area contributed by atoms with E-state index in [-0.39, 0.29) is 0 Å². The van der Waals surface area contributed by atoms with E-state index in [1.807, 2.05) is 20.9 Å². The fourth-order valence-corrected chi connectivity index (χ4v) is 2.84. The molecule has 0 bridgehead atoms. The Morgan fingerprint density at radius 3 is 2.65 bits per heavy atom. The van der Waals surface area contributed by atoms with E-state index in [0.29, 0.717) is 0 Å². The molecule has 2 rings (SSSR count). The smallest absolute Gasteiger partial charge is 0.141 e. The highest BCUT2D eigenvalue weighted by Crippen LogP contribution is 2.31. The molecule has 1 aromatic heterocycles. The summed E-state index contributed by atoms with van der Waals surface area (Å²) in [7, 11) is 1.95. The number of hydrogen-bond acceptors (Lipinski definition) is 5. The molecule has 0 aliphatic carbocycles. The van der Waals surface area contributed by atoms with Crippen molar-refractivity contribution in [2.24, 2.45) is 0 Å². The Morgan fingerprint density at radius 1 is 1.20 bits per heavy atom.